The first-order valence-electron chi connectivity index (χ1n) is 7.89. The van der Waals surface area contributed by atoms with Gasteiger partial charge in [0, 0.05) is 16.3 Å². The number of ether oxygens (including phenoxy) is 2. The van der Waals surface area contributed by atoms with Gasteiger partial charge < -0.3 is 14.8 Å². The second kappa shape index (κ2) is 7.17. The molecule has 1 atom stereocenters. The van der Waals surface area contributed by atoms with Crippen molar-refractivity contribution in [3.8, 4) is 5.75 Å². The minimum absolute atomic E-state index is 0.107. The second-order valence-electron chi connectivity index (χ2n) is 5.86. The summed E-state index contributed by atoms with van der Waals surface area (Å²) in [6, 6.07) is 9.46. The summed E-state index contributed by atoms with van der Waals surface area (Å²) in [7, 11) is 1.42. The summed E-state index contributed by atoms with van der Waals surface area (Å²) in [5.41, 5.74) is 1.96. The average molecular weight is 374 g/mol. The van der Waals surface area contributed by atoms with E-state index in [4.69, 9.17) is 21.1 Å². The molecule has 0 aromatic heterocycles. The monoisotopic (exact) mass is 373 g/mol. The summed E-state index contributed by atoms with van der Waals surface area (Å²) in [6.07, 6.45) is 0. The van der Waals surface area contributed by atoms with Crippen LogP contribution in [0.2, 0.25) is 5.02 Å². The van der Waals surface area contributed by atoms with E-state index >= 15 is 0 Å². The average Bonchev–Trinajstić information content (AvgIpc) is 2.93. The summed E-state index contributed by atoms with van der Waals surface area (Å²) in [4.78, 5) is 36.3. The highest BCUT2D eigenvalue weighted by Gasteiger charge is 2.27. The first-order valence-corrected chi connectivity index (χ1v) is 8.27. The maximum absolute atomic E-state index is 12.4. The summed E-state index contributed by atoms with van der Waals surface area (Å²) in [5, 5.41) is 3.10. The van der Waals surface area contributed by atoms with Crippen LogP contribution in [-0.2, 0) is 9.53 Å². The van der Waals surface area contributed by atoms with Crippen LogP contribution in [0.3, 0.4) is 0 Å². The molecule has 3 rings (SSSR count). The van der Waals surface area contributed by atoms with Crippen LogP contribution in [0.1, 0.15) is 39.1 Å². The maximum atomic E-state index is 12.4. The lowest BCUT2D eigenvalue weighted by molar-refractivity contribution is -0.116. The minimum atomic E-state index is -0.705. The molecule has 0 fully saturated rings. The first-order chi connectivity index (χ1) is 12.4. The zero-order chi connectivity index (χ0) is 18.8. The Morgan fingerprint density at radius 1 is 1.19 bits per heavy atom. The number of rotatable bonds is 5. The Kier molecular flexibility index (Phi) is 4.95. The van der Waals surface area contributed by atoms with Gasteiger partial charge >= 0.3 is 5.97 Å². The third-order valence-corrected chi connectivity index (χ3v) is 4.44. The highest BCUT2D eigenvalue weighted by molar-refractivity contribution is 6.31. The first kappa shape index (κ1) is 17.9. The van der Waals surface area contributed by atoms with Gasteiger partial charge in [-0.25, -0.2) is 4.79 Å². The van der Waals surface area contributed by atoms with E-state index in [0.29, 0.717) is 22.0 Å². The van der Waals surface area contributed by atoms with Gasteiger partial charge in [-0.2, -0.15) is 0 Å². The largest absolute Gasteiger partial charge is 0.496 e. The Labute approximate surface area is 155 Å². The molecule has 0 spiro atoms. The normalized spacial score (nSPS) is 15.2. The molecule has 6 nitrogen and oxygen atoms in total. The zero-order valence-corrected chi connectivity index (χ0v) is 14.9. The number of esters is 1. The fourth-order valence-corrected chi connectivity index (χ4v) is 2.89. The molecule has 0 aliphatic carbocycles. The fourth-order valence-electron chi connectivity index (χ4n) is 2.72. The molecule has 1 heterocycles. The van der Waals surface area contributed by atoms with Crippen LogP contribution >= 0.6 is 11.6 Å². The number of ketones is 1. The van der Waals surface area contributed by atoms with E-state index in [9.17, 15) is 14.4 Å². The van der Waals surface area contributed by atoms with Crippen molar-refractivity contribution in [1.29, 1.82) is 0 Å². The van der Waals surface area contributed by atoms with Crippen LogP contribution in [0.25, 0.3) is 0 Å². The summed E-state index contributed by atoms with van der Waals surface area (Å²) in [6.45, 7) is 1.34. The van der Waals surface area contributed by atoms with Gasteiger partial charge in [0.1, 0.15) is 11.3 Å². The molecule has 1 aliphatic heterocycles. The SMILES string of the molecule is COc1ccc(Cl)cc1C(=O)OCC(=O)c1ccc2c(c1)[C@@H](C)C(=O)N2. The van der Waals surface area contributed by atoms with E-state index in [0.717, 1.165) is 5.56 Å². The second-order valence-corrected chi connectivity index (χ2v) is 6.29. The molecule has 0 saturated carbocycles. The van der Waals surface area contributed by atoms with Crippen molar-refractivity contribution in [3.63, 3.8) is 0 Å². The van der Waals surface area contributed by atoms with Gasteiger partial charge in [0.2, 0.25) is 5.91 Å². The lowest BCUT2D eigenvalue weighted by atomic mass is 9.99. The lowest BCUT2D eigenvalue weighted by Gasteiger charge is -2.09. The Hall–Kier alpha value is -2.86. The number of fused-ring (bicyclic) bond motifs is 1. The van der Waals surface area contributed by atoms with Crippen LogP contribution in [0.5, 0.6) is 5.75 Å². The molecule has 1 aliphatic rings. The summed E-state index contributed by atoms with van der Waals surface area (Å²) >= 11 is 5.89. The van der Waals surface area contributed by atoms with Gasteiger partial charge in [0.05, 0.1) is 13.0 Å². The molecule has 1 N–H and O–H groups in total. The number of Topliss-reactive ketones (excluding diaryl/α,β-unsaturated/α-hetero) is 1. The molecule has 2 aromatic carbocycles. The van der Waals surface area contributed by atoms with E-state index < -0.39 is 12.6 Å². The predicted molar refractivity (Wildman–Crippen MR) is 96.1 cm³/mol. The van der Waals surface area contributed by atoms with Crippen molar-refractivity contribution in [1.82, 2.24) is 0 Å². The number of anilines is 1. The third-order valence-electron chi connectivity index (χ3n) is 4.21. The van der Waals surface area contributed by atoms with Crippen LogP contribution < -0.4 is 10.1 Å². The van der Waals surface area contributed by atoms with Crippen molar-refractivity contribution in [2.24, 2.45) is 0 Å². The highest BCUT2D eigenvalue weighted by Crippen LogP contribution is 2.32. The van der Waals surface area contributed by atoms with Gasteiger partial charge in [0.25, 0.3) is 0 Å². The van der Waals surface area contributed by atoms with Crippen molar-refractivity contribution < 1.29 is 23.9 Å². The molecule has 0 radical (unpaired) electrons. The predicted octanol–water partition coefficient (Wildman–Crippen LogP) is 3.44. The molecule has 134 valence electrons. The number of amides is 1. The summed E-state index contributed by atoms with van der Waals surface area (Å²) < 4.78 is 10.2. The van der Waals surface area contributed by atoms with Crippen LogP contribution in [0.4, 0.5) is 5.69 Å². The molecule has 0 bridgehead atoms. The smallest absolute Gasteiger partial charge is 0.342 e. The Bertz CT molecular complexity index is 909. The number of hydrogen-bond acceptors (Lipinski definition) is 5. The molecule has 1 amide bonds. The molecular formula is C19H16ClNO5. The van der Waals surface area contributed by atoms with Gasteiger partial charge in [0.15, 0.2) is 12.4 Å². The van der Waals surface area contributed by atoms with Gasteiger partial charge in [-0.05, 0) is 48.9 Å². The number of benzene rings is 2. The van der Waals surface area contributed by atoms with E-state index in [1.807, 2.05) is 0 Å². The van der Waals surface area contributed by atoms with E-state index in [1.165, 1.54) is 13.2 Å². The van der Waals surface area contributed by atoms with Crippen LogP contribution in [0, 0.1) is 0 Å². The van der Waals surface area contributed by atoms with Crippen molar-refractivity contribution in [2.75, 3.05) is 19.0 Å². The third kappa shape index (κ3) is 3.41. The van der Waals surface area contributed by atoms with Crippen molar-refractivity contribution in [3.05, 3.63) is 58.1 Å². The van der Waals surface area contributed by atoms with E-state index in [-0.39, 0.29) is 23.2 Å². The van der Waals surface area contributed by atoms with E-state index in [2.05, 4.69) is 5.32 Å². The van der Waals surface area contributed by atoms with Crippen LogP contribution in [0.15, 0.2) is 36.4 Å². The van der Waals surface area contributed by atoms with Crippen molar-refractivity contribution >= 4 is 34.9 Å². The minimum Gasteiger partial charge on any atom is -0.496 e. The molecule has 26 heavy (non-hydrogen) atoms. The zero-order valence-electron chi connectivity index (χ0n) is 14.2. The lowest BCUT2D eigenvalue weighted by Crippen LogP contribution is -2.15. The number of methoxy groups -OCH3 is 1. The molecule has 2 aromatic rings. The number of hydrogen-bond donors (Lipinski definition) is 1. The molecule has 0 unspecified atom stereocenters. The Balaban J connectivity index is 1.71. The van der Waals surface area contributed by atoms with Crippen LogP contribution in [-0.4, -0.2) is 31.4 Å². The maximum Gasteiger partial charge on any atom is 0.342 e. The quantitative estimate of drug-likeness (QED) is 0.641. The topological polar surface area (TPSA) is 81.7 Å². The highest BCUT2D eigenvalue weighted by atomic mass is 35.5. The standard InChI is InChI=1S/C19H16ClNO5/c1-10-13-7-11(3-5-15(13)21-18(10)23)16(22)9-26-19(24)14-8-12(20)4-6-17(14)25-2/h3-8,10H,9H2,1-2H3,(H,21,23)/t10-/m1/s1. The number of nitrogens with one attached hydrogen (secondary N) is 1. The molecule has 7 heteroatoms. The fraction of sp³-hybridized carbons (Fsp3) is 0.211. The Morgan fingerprint density at radius 2 is 1.96 bits per heavy atom. The number of halogens is 1. The van der Waals surface area contributed by atoms with Gasteiger partial charge in [-0.3, -0.25) is 9.59 Å². The van der Waals surface area contributed by atoms with Gasteiger partial charge in [-0.15, -0.1) is 0 Å². The molecular weight excluding hydrogens is 358 g/mol. The Morgan fingerprint density at radius 3 is 2.69 bits per heavy atom. The molecule has 0 saturated heterocycles. The number of carbonyl (C=O) groups is 3. The van der Waals surface area contributed by atoms with Crippen molar-refractivity contribution in [2.45, 2.75) is 12.8 Å². The number of carbonyl (C=O) groups excluding carboxylic acids is 3. The van der Waals surface area contributed by atoms with Gasteiger partial charge in [-0.1, -0.05) is 11.6 Å². The summed E-state index contributed by atoms with van der Waals surface area (Å²) in [5.74, 6) is -1.19. The van der Waals surface area contributed by atoms with E-state index in [1.54, 1.807) is 37.3 Å².